The van der Waals surface area contributed by atoms with Crippen molar-refractivity contribution in [3.05, 3.63) is 47.7 Å². The van der Waals surface area contributed by atoms with Gasteiger partial charge in [-0.05, 0) is 68.7 Å². The highest BCUT2D eigenvalue weighted by molar-refractivity contribution is 5.91. The number of carbonyl (C=O) groups excluding carboxylic acids is 1. The van der Waals surface area contributed by atoms with Crippen molar-refractivity contribution in [2.75, 3.05) is 5.32 Å². The van der Waals surface area contributed by atoms with E-state index >= 15 is 0 Å². The lowest BCUT2D eigenvalue weighted by molar-refractivity contribution is -0.117. The van der Waals surface area contributed by atoms with E-state index in [1.54, 1.807) is 6.20 Å². The maximum absolute atomic E-state index is 12.5. The number of nitrogens with zero attached hydrogens (tertiary/aromatic N) is 1. The minimum Gasteiger partial charge on any atom is -0.439 e. The van der Waals surface area contributed by atoms with Crippen molar-refractivity contribution in [2.45, 2.75) is 58.0 Å². The fourth-order valence-electron chi connectivity index (χ4n) is 4.28. The first-order valence-corrected chi connectivity index (χ1v) is 9.82. The maximum Gasteiger partial charge on any atom is 0.224 e. The van der Waals surface area contributed by atoms with Crippen LogP contribution in [0.4, 0.5) is 5.69 Å². The Bertz CT molecular complexity index is 824. The van der Waals surface area contributed by atoms with Gasteiger partial charge in [-0.1, -0.05) is 6.07 Å². The molecule has 2 atom stereocenters. The molecule has 2 N–H and O–H groups in total. The first-order valence-electron chi connectivity index (χ1n) is 9.82. The average molecular weight is 365 g/mol. The SMILES string of the molecule is Cc1ccnc(Oc2cc(NC(=O)CC3CC4CCC(C3)N4)ccc2C)c1. The third-order valence-electron chi connectivity index (χ3n) is 5.62. The van der Waals surface area contributed by atoms with Crippen molar-refractivity contribution < 1.29 is 9.53 Å². The van der Waals surface area contributed by atoms with E-state index in [4.69, 9.17) is 4.74 Å². The molecule has 0 saturated carbocycles. The van der Waals surface area contributed by atoms with Crippen LogP contribution in [0.2, 0.25) is 0 Å². The molecule has 1 aromatic carbocycles. The number of piperidine rings is 1. The third-order valence-corrected chi connectivity index (χ3v) is 5.62. The average Bonchev–Trinajstić information content (AvgIpc) is 2.96. The lowest BCUT2D eigenvalue weighted by Crippen LogP contribution is -2.39. The number of hydrogen-bond donors (Lipinski definition) is 2. The van der Waals surface area contributed by atoms with Gasteiger partial charge in [0.1, 0.15) is 5.75 Å². The molecule has 4 rings (SSSR count). The molecule has 2 unspecified atom stereocenters. The van der Waals surface area contributed by atoms with E-state index in [-0.39, 0.29) is 5.91 Å². The van der Waals surface area contributed by atoms with Gasteiger partial charge in [0.05, 0.1) is 0 Å². The highest BCUT2D eigenvalue weighted by Gasteiger charge is 2.34. The Morgan fingerprint density at radius 3 is 2.70 bits per heavy atom. The van der Waals surface area contributed by atoms with E-state index in [0.717, 1.165) is 29.7 Å². The number of rotatable bonds is 5. The Balaban J connectivity index is 1.39. The van der Waals surface area contributed by atoms with Crippen LogP contribution in [0.15, 0.2) is 36.5 Å². The molecule has 2 aliphatic rings. The van der Waals surface area contributed by atoms with Crippen LogP contribution < -0.4 is 15.4 Å². The number of anilines is 1. The lowest BCUT2D eigenvalue weighted by Gasteiger charge is -2.28. The molecule has 2 aliphatic heterocycles. The molecule has 0 radical (unpaired) electrons. The molecular formula is C22H27N3O2. The number of aromatic nitrogens is 1. The summed E-state index contributed by atoms with van der Waals surface area (Å²) in [7, 11) is 0. The summed E-state index contributed by atoms with van der Waals surface area (Å²) in [6, 6.07) is 10.8. The molecule has 0 aliphatic carbocycles. The topological polar surface area (TPSA) is 63.2 Å². The van der Waals surface area contributed by atoms with Crippen LogP contribution in [-0.4, -0.2) is 23.0 Å². The highest BCUT2D eigenvalue weighted by Crippen LogP contribution is 2.33. The van der Waals surface area contributed by atoms with Crippen molar-refractivity contribution in [3.63, 3.8) is 0 Å². The van der Waals surface area contributed by atoms with Crippen LogP contribution in [0.3, 0.4) is 0 Å². The first kappa shape index (κ1) is 18.0. The number of fused-ring (bicyclic) bond motifs is 2. The molecule has 5 nitrogen and oxygen atoms in total. The molecule has 142 valence electrons. The second-order valence-electron chi connectivity index (χ2n) is 7.98. The van der Waals surface area contributed by atoms with Gasteiger partial charge in [-0.3, -0.25) is 4.79 Å². The molecule has 5 heteroatoms. The predicted molar refractivity (Wildman–Crippen MR) is 106 cm³/mol. The number of carbonyl (C=O) groups is 1. The van der Waals surface area contributed by atoms with Crippen LogP contribution in [-0.2, 0) is 4.79 Å². The molecule has 2 fully saturated rings. The zero-order valence-electron chi connectivity index (χ0n) is 16.0. The molecule has 2 bridgehead atoms. The normalized spacial score (nSPS) is 23.9. The first-order chi connectivity index (χ1) is 13.0. The number of aryl methyl sites for hydroxylation is 2. The van der Waals surface area contributed by atoms with E-state index in [1.165, 1.54) is 12.8 Å². The summed E-state index contributed by atoms with van der Waals surface area (Å²) in [6.45, 7) is 3.99. The molecule has 27 heavy (non-hydrogen) atoms. The summed E-state index contributed by atoms with van der Waals surface area (Å²) in [4.78, 5) is 16.8. The highest BCUT2D eigenvalue weighted by atomic mass is 16.5. The minimum atomic E-state index is 0.0878. The molecule has 1 aromatic heterocycles. The fraction of sp³-hybridized carbons (Fsp3) is 0.455. The predicted octanol–water partition coefficient (Wildman–Crippen LogP) is 4.35. The zero-order chi connectivity index (χ0) is 18.8. The van der Waals surface area contributed by atoms with E-state index < -0.39 is 0 Å². The minimum absolute atomic E-state index is 0.0878. The standard InChI is InChI=1S/C22H27N3O2/c1-14-7-8-23-22(9-14)27-20-13-19(4-3-15(20)2)25-21(26)12-16-10-17-5-6-18(11-16)24-17/h3-4,7-9,13,16-18,24H,5-6,10-12H2,1-2H3,(H,25,26). The molecular weight excluding hydrogens is 338 g/mol. The number of ether oxygens (including phenoxy) is 1. The zero-order valence-corrected chi connectivity index (χ0v) is 16.0. The maximum atomic E-state index is 12.5. The van der Waals surface area contributed by atoms with Gasteiger partial charge in [-0.15, -0.1) is 0 Å². The van der Waals surface area contributed by atoms with Gasteiger partial charge >= 0.3 is 0 Å². The van der Waals surface area contributed by atoms with Gasteiger partial charge in [0.2, 0.25) is 11.8 Å². The molecule has 2 saturated heterocycles. The van der Waals surface area contributed by atoms with Gasteiger partial charge in [-0.25, -0.2) is 4.98 Å². The summed E-state index contributed by atoms with van der Waals surface area (Å²) >= 11 is 0. The largest absolute Gasteiger partial charge is 0.439 e. The van der Waals surface area contributed by atoms with E-state index in [0.29, 0.717) is 36.1 Å². The second kappa shape index (κ2) is 7.69. The molecule has 0 spiro atoms. The summed E-state index contributed by atoms with van der Waals surface area (Å²) in [5.41, 5.74) is 2.87. The third kappa shape index (κ3) is 4.48. The van der Waals surface area contributed by atoms with Gasteiger partial charge in [0, 0.05) is 42.5 Å². The van der Waals surface area contributed by atoms with Crippen molar-refractivity contribution in [1.29, 1.82) is 0 Å². The van der Waals surface area contributed by atoms with Crippen molar-refractivity contribution in [1.82, 2.24) is 10.3 Å². The van der Waals surface area contributed by atoms with Crippen LogP contribution >= 0.6 is 0 Å². The fourth-order valence-corrected chi connectivity index (χ4v) is 4.28. The molecule has 3 heterocycles. The van der Waals surface area contributed by atoms with Crippen LogP contribution in [0, 0.1) is 19.8 Å². The Morgan fingerprint density at radius 1 is 1.19 bits per heavy atom. The molecule has 2 aromatic rings. The summed E-state index contributed by atoms with van der Waals surface area (Å²) in [5.74, 6) is 1.85. The van der Waals surface area contributed by atoms with Gasteiger partial charge in [0.15, 0.2) is 0 Å². The van der Waals surface area contributed by atoms with Crippen molar-refractivity contribution >= 4 is 11.6 Å². The Labute approximate surface area is 160 Å². The van der Waals surface area contributed by atoms with E-state index in [1.807, 2.05) is 44.2 Å². The van der Waals surface area contributed by atoms with Crippen LogP contribution in [0.1, 0.15) is 43.2 Å². The number of benzene rings is 1. The van der Waals surface area contributed by atoms with Crippen LogP contribution in [0.25, 0.3) is 0 Å². The Kier molecular flexibility index (Phi) is 5.12. The summed E-state index contributed by atoms with van der Waals surface area (Å²) in [5, 5.41) is 6.67. The van der Waals surface area contributed by atoms with Gasteiger partial charge < -0.3 is 15.4 Å². The second-order valence-corrected chi connectivity index (χ2v) is 7.98. The smallest absolute Gasteiger partial charge is 0.224 e. The quantitative estimate of drug-likeness (QED) is 0.827. The number of hydrogen-bond acceptors (Lipinski definition) is 4. The van der Waals surface area contributed by atoms with E-state index in [9.17, 15) is 4.79 Å². The summed E-state index contributed by atoms with van der Waals surface area (Å²) < 4.78 is 5.93. The van der Waals surface area contributed by atoms with Crippen LogP contribution in [0.5, 0.6) is 11.6 Å². The van der Waals surface area contributed by atoms with Gasteiger partial charge in [0.25, 0.3) is 0 Å². The van der Waals surface area contributed by atoms with E-state index in [2.05, 4.69) is 15.6 Å². The lowest BCUT2D eigenvalue weighted by atomic mass is 9.89. The number of pyridine rings is 1. The van der Waals surface area contributed by atoms with Gasteiger partial charge in [-0.2, -0.15) is 0 Å². The van der Waals surface area contributed by atoms with Crippen molar-refractivity contribution in [3.8, 4) is 11.6 Å². The monoisotopic (exact) mass is 365 g/mol. The molecule has 1 amide bonds. The summed E-state index contributed by atoms with van der Waals surface area (Å²) in [6.07, 6.45) is 7.08. The Hall–Kier alpha value is -2.40. The number of amides is 1. The van der Waals surface area contributed by atoms with Crippen molar-refractivity contribution in [2.24, 2.45) is 5.92 Å². The number of nitrogens with one attached hydrogen (secondary N) is 2. The Morgan fingerprint density at radius 2 is 1.96 bits per heavy atom.